The van der Waals surface area contributed by atoms with Crippen molar-refractivity contribution in [1.82, 2.24) is 9.55 Å². The van der Waals surface area contributed by atoms with Crippen molar-refractivity contribution in [1.29, 1.82) is 0 Å². The number of aromatic nitrogens is 2. The zero-order chi connectivity index (χ0) is 22.1. The fourth-order valence-corrected chi connectivity index (χ4v) is 5.33. The number of carboxylic acids is 2. The second-order valence-corrected chi connectivity index (χ2v) is 8.65. The van der Waals surface area contributed by atoms with E-state index in [1.54, 1.807) is 32.0 Å². The number of imidazole rings is 1. The maximum Gasteiger partial charge on any atom is 0.372 e. The third-order valence-corrected chi connectivity index (χ3v) is 6.76. The standard InChI is InChI=1S/C19H21N2O8P/c1-3-28-30(27,29-4-2)10-11-6-5-7-12-13(11)8-15(16(12)22)21-9-14(18(23)24)20-17(21)19(25)26/h5-7,9,15H,3-4,8,10H2,1-2H3,(H,23,24)(H,25,26). The second-order valence-electron chi connectivity index (χ2n) is 6.60. The van der Waals surface area contributed by atoms with Gasteiger partial charge in [0.15, 0.2) is 11.5 Å². The zero-order valence-electron chi connectivity index (χ0n) is 16.4. The molecule has 1 unspecified atom stereocenters. The van der Waals surface area contributed by atoms with Crippen LogP contribution in [0, 0.1) is 0 Å². The number of carbonyl (C=O) groups excluding carboxylic acids is 1. The second kappa shape index (κ2) is 8.51. The molecule has 0 amide bonds. The summed E-state index contributed by atoms with van der Waals surface area (Å²) in [5, 5.41) is 18.5. The van der Waals surface area contributed by atoms with Crippen LogP contribution in [0.15, 0.2) is 24.4 Å². The molecule has 2 N–H and O–H groups in total. The lowest BCUT2D eigenvalue weighted by molar-refractivity contribution is 0.0674. The summed E-state index contributed by atoms with van der Waals surface area (Å²) in [5.41, 5.74) is 1.10. The van der Waals surface area contributed by atoms with Crippen LogP contribution in [0.5, 0.6) is 0 Å². The monoisotopic (exact) mass is 436 g/mol. The first kappa shape index (κ1) is 21.9. The fourth-order valence-electron chi connectivity index (χ4n) is 3.57. The molecule has 1 aliphatic carbocycles. The lowest BCUT2D eigenvalue weighted by Gasteiger charge is -2.18. The molecule has 1 aromatic heterocycles. The van der Waals surface area contributed by atoms with Gasteiger partial charge in [0.2, 0.25) is 5.82 Å². The summed E-state index contributed by atoms with van der Waals surface area (Å²) in [6.07, 6.45) is 1.12. The molecule has 0 saturated heterocycles. The Hall–Kier alpha value is -2.81. The highest BCUT2D eigenvalue weighted by atomic mass is 31.2. The zero-order valence-corrected chi connectivity index (χ0v) is 17.3. The van der Waals surface area contributed by atoms with Crippen LogP contribution < -0.4 is 0 Å². The van der Waals surface area contributed by atoms with E-state index >= 15 is 0 Å². The first-order chi connectivity index (χ1) is 14.2. The number of aromatic carboxylic acids is 2. The van der Waals surface area contributed by atoms with Crippen LogP contribution in [0.4, 0.5) is 0 Å². The highest BCUT2D eigenvalue weighted by Crippen LogP contribution is 2.52. The predicted molar refractivity (Wildman–Crippen MR) is 104 cm³/mol. The van der Waals surface area contributed by atoms with Gasteiger partial charge >= 0.3 is 19.5 Å². The van der Waals surface area contributed by atoms with E-state index in [1.165, 1.54) is 0 Å². The van der Waals surface area contributed by atoms with Gasteiger partial charge in [0.05, 0.1) is 19.4 Å². The number of Topliss-reactive ketones (excluding diaryl/α,β-unsaturated/α-hetero) is 1. The van der Waals surface area contributed by atoms with E-state index in [2.05, 4.69) is 4.98 Å². The number of carbonyl (C=O) groups is 3. The van der Waals surface area contributed by atoms with Crippen LogP contribution in [0.1, 0.15) is 62.5 Å². The van der Waals surface area contributed by atoms with Crippen LogP contribution in [0.3, 0.4) is 0 Å². The number of fused-ring (bicyclic) bond motifs is 1. The number of hydrogen-bond donors (Lipinski definition) is 2. The Morgan fingerprint density at radius 1 is 1.20 bits per heavy atom. The average molecular weight is 436 g/mol. The van der Waals surface area contributed by atoms with E-state index < -0.39 is 37.1 Å². The number of nitrogens with zero attached hydrogens (tertiary/aromatic N) is 2. The van der Waals surface area contributed by atoms with E-state index in [0.29, 0.717) is 16.7 Å². The molecule has 1 atom stereocenters. The van der Waals surface area contributed by atoms with Crippen molar-refractivity contribution in [2.45, 2.75) is 32.5 Å². The normalized spacial score (nSPS) is 15.9. The van der Waals surface area contributed by atoms with Crippen molar-refractivity contribution in [3.8, 4) is 0 Å². The van der Waals surface area contributed by atoms with Gasteiger partial charge in [0, 0.05) is 18.2 Å². The van der Waals surface area contributed by atoms with E-state index in [9.17, 15) is 24.1 Å². The molecule has 1 heterocycles. The Labute approximate surface area is 172 Å². The van der Waals surface area contributed by atoms with Crippen LogP contribution in [-0.2, 0) is 26.2 Å². The lowest BCUT2D eigenvalue weighted by atomic mass is 10.0. The predicted octanol–water partition coefficient (Wildman–Crippen LogP) is 3.03. The molecule has 0 bridgehead atoms. The quantitative estimate of drug-likeness (QED) is 0.567. The molecule has 0 saturated carbocycles. The Balaban J connectivity index is 2.00. The summed E-state index contributed by atoms with van der Waals surface area (Å²) in [6, 6.07) is 3.99. The highest BCUT2D eigenvalue weighted by molar-refractivity contribution is 7.53. The van der Waals surface area contributed by atoms with E-state index in [0.717, 1.165) is 10.8 Å². The highest BCUT2D eigenvalue weighted by Gasteiger charge is 2.37. The van der Waals surface area contributed by atoms with Crippen molar-refractivity contribution >= 4 is 25.3 Å². The molecule has 2 aromatic rings. The Bertz CT molecular complexity index is 1050. The number of ketones is 1. The van der Waals surface area contributed by atoms with Crippen LogP contribution in [0.2, 0.25) is 0 Å². The molecule has 3 rings (SSSR count). The van der Waals surface area contributed by atoms with Gasteiger partial charge in [0.1, 0.15) is 6.04 Å². The summed E-state index contributed by atoms with van der Waals surface area (Å²) < 4.78 is 24.7. The third-order valence-electron chi connectivity index (χ3n) is 4.73. The van der Waals surface area contributed by atoms with Crippen molar-refractivity contribution in [3.05, 3.63) is 52.6 Å². The summed E-state index contributed by atoms with van der Waals surface area (Å²) in [6.45, 7) is 3.80. The van der Waals surface area contributed by atoms with Crippen molar-refractivity contribution in [2.75, 3.05) is 13.2 Å². The van der Waals surface area contributed by atoms with Gasteiger partial charge in [-0.15, -0.1) is 0 Å². The van der Waals surface area contributed by atoms with Gasteiger partial charge in [-0.3, -0.25) is 9.36 Å². The lowest BCUT2D eigenvalue weighted by Crippen LogP contribution is -2.20. The number of carboxylic acid groups (broad SMARTS) is 2. The Morgan fingerprint density at radius 3 is 2.43 bits per heavy atom. The molecule has 1 aliphatic rings. The van der Waals surface area contributed by atoms with E-state index in [-0.39, 0.29) is 31.6 Å². The minimum absolute atomic E-state index is 0.0338. The molecule has 0 radical (unpaired) electrons. The molecule has 11 heteroatoms. The number of benzene rings is 1. The molecule has 30 heavy (non-hydrogen) atoms. The minimum atomic E-state index is -3.42. The van der Waals surface area contributed by atoms with Gasteiger partial charge in [-0.05, 0) is 25.0 Å². The van der Waals surface area contributed by atoms with Gasteiger partial charge in [-0.1, -0.05) is 18.2 Å². The Morgan fingerprint density at radius 2 is 1.87 bits per heavy atom. The molecular formula is C19H21N2O8P. The van der Waals surface area contributed by atoms with Crippen LogP contribution >= 0.6 is 7.60 Å². The summed E-state index contributed by atoms with van der Waals surface area (Å²) >= 11 is 0. The minimum Gasteiger partial charge on any atom is -0.476 e. The fraction of sp³-hybridized carbons (Fsp3) is 0.368. The van der Waals surface area contributed by atoms with E-state index in [1.807, 2.05) is 0 Å². The SMILES string of the molecule is CCOP(=O)(Cc1cccc2c1CC(n1cc(C(=O)O)nc1C(=O)O)C2=O)OCC. The topological polar surface area (TPSA) is 145 Å². The number of rotatable bonds is 9. The molecule has 0 aliphatic heterocycles. The maximum absolute atomic E-state index is 13.0. The summed E-state index contributed by atoms with van der Waals surface area (Å²) in [4.78, 5) is 39.4. The Kier molecular flexibility index (Phi) is 6.21. The molecular weight excluding hydrogens is 415 g/mol. The first-order valence-electron chi connectivity index (χ1n) is 9.29. The van der Waals surface area contributed by atoms with Gasteiger partial charge in [-0.2, -0.15) is 0 Å². The van der Waals surface area contributed by atoms with Crippen LogP contribution in [0.25, 0.3) is 0 Å². The summed E-state index contributed by atoms with van der Waals surface area (Å²) in [7, 11) is -3.42. The smallest absolute Gasteiger partial charge is 0.372 e. The molecule has 10 nitrogen and oxygen atoms in total. The molecule has 160 valence electrons. The average Bonchev–Trinajstić information content (AvgIpc) is 3.25. The largest absolute Gasteiger partial charge is 0.476 e. The maximum atomic E-state index is 13.0. The van der Waals surface area contributed by atoms with Crippen molar-refractivity contribution in [3.63, 3.8) is 0 Å². The molecule has 0 spiro atoms. The van der Waals surface area contributed by atoms with E-state index in [4.69, 9.17) is 14.2 Å². The van der Waals surface area contributed by atoms with Gasteiger partial charge < -0.3 is 23.8 Å². The van der Waals surface area contributed by atoms with Crippen molar-refractivity contribution in [2.24, 2.45) is 0 Å². The summed E-state index contributed by atoms with van der Waals surface area (Å²) in [5.74, 6) is -3.74. The first-order valence-corrected chi connectivity index (χ1v) is 11.0. The van der Waals surface area contributed by atoms with Gasteiger partial charge in [-0.25, -0.2) is 14.6 Å². The van der Waals surface area contributed by atoms with Crippen LogP contribution in [-0.4, -0.2) is 50.7 Å². The van der Waals surface area contributed by atoms with Gasteiger partial charge in [0.25, 0.3) is 0 Å². The third kappa shape index (κ3) is 4.07. The molecule has 1 aromatic carbocycles. The number of hydrogen-bond acceptors (Lipinski definition) is 7. The van der Waals surface area contributed by atoms with Crippen molar-refractivity contribution < 1.29 is 38.2 Å². The molecule has 0 fully saturated rings.